The standard InChI is InChI=1S/C12H22BrNO2/c1-2-11(13)12(16)14-7-9-5-3-4-6-10(9)8-15/h9-11,15H,2-8H2,1H3,(H,14,16). The van der Waals surface area contributed by atoms with Crippen LogP contribution in [0.4, 0.5) is 0 Å². The average molecular weight is 292 g/mol. The molecule has 0 aromatic heterocycles. The topological polar surface area (TPSA) is 49.3 Å². The third kappa shape index (κ3) is 4.06. The zero-order valence-corrected chi connectivity index (χ0v) is 11.5. The molecule has 0 aliphatic heterocycles. The van der Waals surface area contributed by atoms with Gasteiger partial charge in [-0.25, -0.2) is 0 Å². The minimum Gasteiger partial charge on any atom is -0.396 e. The Balaban J connectivity index is 2.32. The van der Waals surface area contributed by atoms with E-state index in [-0.39, 0.29) is 17.3 Å². The zero-order valence-electron chi connectivity index (χ0n) is 9.92. The predicted molar refractivity (Wildman–Crippen MR) is 68.5 cm³/mol. The maximum Gasteiger partial charge on any atom is 0.233 e. The fraction of sp³-hybridized carbons (Fsp3) is 0.917. The lowest BCUT2D eigenvalue weighted by atomic mass is 9.79. The van der Waals surface area contributed by atoms with Crippen LogP contribution in [0.25, 0.3) is 0 Å². The molecule has 3 nitrogen and oxygen atoms in total. The van der Waals surface area contributed by atoms with Crippen LogP contribution in [-0.4, -0.2) is 29.0 Å². The summed E-state index contributed by atoms with van der Waals surface area (Å²) >= 11 is 3.34. The second-order valence-electron chi connectivity index (χ2n) is 4.61. The van der Waals surface area contributed by atoms with E-state index in [4.69, 9.17) is 0 Å². The number of alkyl halides is 1. The van der Waals surface area contributed by atoms with Crippen LogP contribution in [0.2, 0.25) is 0 Å². The van der Waals surface area contributed by atoms with Crippen LogP contribution >= 0.6 is 15.9 Å². The van der Waals surface area contributed by atoms with Crippen molar-refractivity contribution in [1.29, 1.82) is 0 Å². The number of nitrogens with one attached hydrogen (secondary N) is 1. The van der Waals surface area contributed by atoms with E-state index >= 15 is 0 Å². The number of amides is 1. The number of halogens is 1. The lowest BCUT2D eigenvalue weighted by Crippen LogP contribution is -2.38. The Labute approximate surface area is 106 Å². The van der Waals surface area contributed by atoms with E-state index in [1.807, 2.05) is 6.92 Å². The van der Waals surface area contributed by atoms with Gasteiger partial charge in [0.2, 0.25) is 5.91 Å². The molecule has 1 saturated carbocycles. The van der Waals surface area contributed by atoms with Gasteiger partial charge in [-0.2, -0.15) is 0 Å². The van der Waals surface area contributed by atoms with Gasteiger partial charge < -0.3 is 10.4 Å². The van der Waals surface area contributed by atoms with Gasteiger partial charge >= 0.3 is 0 Å². The lowest BCUT2D eigenvalue weighted by molar-refractivity contribution is -0.120. The third-order valence-corrected chi connectivity index (χ3v) is 4.55. The Morgan fingerprint density at radius 2 is 2.06 bits per heavy atom. The molecule has 2 N–H and O–H groups in total. The predicted octanol–water partition coefficient (Wildman–Crippen LogP) is 2.07. The normalized spacial score (nSPS) is 27.4. The average Bonchev–Trinajstić information content (AvgIpc) is 2.35. The van der Waals surface area contributed by atoms with Gasteiger partial charge in [-0.05, 0) is 31.1 Å². The molecule has 0 bridgehead atoms. The molecule has 1 fully saturated rings. The summed E-state index contributed by atoms with van der Waals surface area (Å²) in [5.74, 6) is 0.911. The number of carbonyl (C=O) groups excluding carboxylic acids is 1. The van der Waals surface area contributed by atoms with Gasteiger partial charge in [-0.3, -0.25) is 4.79 Å². The van der Waals surface area contributed by atoms with Gasteiger partial charge in [0.1, 0.15) is 0 Å². The summed E-state index contributed by atoms with van der Waals surface area (Å²) in [7, 11) is 0. The van der Waals surface area contributed by atoms with Crippen LogP contribution in [0, 0.1) is 11.8 Å². The maximum atomic E-state index is 11.6. The number of aliphatic hydroxyl groups excluding tert-OH is 1. The summed E-state index contributed by atoms with van der Waals surface area (Å²) in [6.45, 7) is 2.95. The van der Waals surface area contributed by atoms with E-state index in [2.05, 4.69) is 21.2 Å². The molecular formula is C12H22BrNO2. The second kappa shape index (κ2) is 7.28. The Bertz CT molecular complexity index is 223. The molecule has 94 valence electrons. The van der Waals surface area contributed by atoms with E-state index in [1.54, 1.807) is 0 Å². The SMILES string of the molecule is CCC(Br)C(=O)NCC1CCCCC1CO. The van der Waals surface area contributed by atoms with Gasteiger partial charge in [0.25, 0.3) is 0 Å². The van der Waals surface area contributed by atoms with Crippen LogP contribution in [0.5, 0.6) is 0 Å². The summed E-state index contributed by atoms with van der Waals surface area (Å²) in [6, 6.07) is 0. The van der Waals surface area contributed by atoms with Crippen molar-refractivity contribution in [2.45, 2.75) is 43.9 Å². The molecule has 0 aromatic carbocycles. The number of rotatable bonds is 5. The summed E-state index contributed by atoms with van der Waals surface area (Å²) in [4.78, 5) is 11.5. The Morgan fingerprint density at radius 3 is 2.62 bits per heavy atom. The minimum atomic E-state index is -0.0799. The van der Waals surface area contributed by atoms with Crippen molar-refractivity contribution in [3.63, 3.8) is 0 Å². The van der Waals surface area contributed by atoms with Crippen molar-refractivity contribution >= 4 is 21.8 Å². The molecule has 1 aliphatic carbocycles. The van der Waals surface area contributed by atoms with Crippen molar-refractivity contribution in [3.05, 3.63) is 0 Å². The van der Waals surface area contributed by atoms with Crippen LogP contribution in [-0.2, 0) is 4.79 Å². The fourth-order valence-electron chi connectivity index (χ4n) is 2.32. The van der Waals surface area contributed by atoms with Crippen LogP contribution in [0.1, 0.15) is 39.0 Å². The second-order valence-corrected chi connectivity index (χ2v) is 5.71. The summed E-state index contributed by atoms with van der Waals surface area (Å²) in [5, 5.41) is 12.2. The van der Waals surface area contributed by atoms with Gasteiger partial charge in [-0.1, -0.05) is 35.7 Å². The molecular weight excluding hydrogens is 270 g/mol. The molecule has 1 aliphatic rings. The van der Waals surface area contributed by atoms with Crippen LogP contribution in [0.15, 0.2) is 0 Å². The zero-order chi connectivity index (χ0) is 12.0. The van der Waals surface area contributed by atoms with Gasteiger partial charge in [0.05, 0.1) is 4.83 Å². The monoisotopic (exact) mass is 291 g/mol. The summed E-state index contributed by atoms with van der Waals surface area (Å²) < 4.78 is 0. The van der Waals surface area contributed by atoms with E-state index in [0.29, 0.717) is 18.4 Å². The number of aliphatic hydroxyl groups is 1. The van der Waals surface area contributed by atoms with Gasteiger partial charge in [-0.15, -0.1) is 0 Å². The summed E-state index contributed by atoms with van der Waals surface area (Å²) in [5.41, 5.74) is 0. The molecule has 0 heterocycles. The first-order valence-electron chi connectivity index (χ1n) is 6.21. The molecule has 3 atom stereocenters. The number of hydrogen-bond acceptors (Lipinski definition) is 2. The molecule has 16 heavy (non-hydrogen) atoms. The molecule has 0 saturated heterocycles. The highest BCUT2D eigenvalue weighted by atomic mass is 79.9. The van der Waals surface area contributed by atoms with E-state index in [9.17, 15) is 9.90 Å². The van der Waals surface area contributed by atoms with E-state index in [1.165, 1.54) is 12.8 Å². The molecule has 1 rings (SSSR count). The van der Waals surface area contributed by atoms with Gasteiger partial charge in [0.15, 0.2) is 0 Å². The summed E-state index contributed by atoms with van der Waals surface area (Å²) in [6.07, 6.45) is 5.47. The molecule has 3 unspecified atom stereocenters. The largest absolute Gasteiger partial charge is 0.396 e. The maximum absolute atomic E-state index is 11.6. The van der Waals surface area contributed by atoms with E-state index < -0.39 is 0 Å². The van der Waals surface area contributed by atoms with Crippen LogP contribution in [0.3, 0.4) is 0 Å². The minimum absolute atomic E-state index is 0.0739. The quantitative estimate of drug-likeness (QED) is 0.762. The highest BCUT2D eigenvalue weighted by molar-refractivity contribution is 9.10. The first-order valence-corrected chi connectivity index (χ1v) is 7.13. The van der Waals surface area contributed by atoms with Crippen molar-refractivity contribution in [2.24, 2.45) is 11.8 Å². The first kappa shape index (κ1) is 14.0. The lowest BCUT2D eigenvalue weighted by Gasteiger charge is -2.30. The first-order chi connectivity index (χ1) is 7.69. The smallest absolute Gasteiger partial charge is 0.233 e. The van der Waals surface area contributed by atoms with Crippen molar-refractivity contribution in [3.8, 4) is 0 Å². The molecule has 0 radical (unpaired) electrons. The Kier molecular flexibility index (Phi) is 6.36. The Morgan fingerprint density at radius 1 is 1.44 bits per heavy atom. The van der Waals surface area contributed by atoms with Crippen molar-refractivity contribution < 1.29 is 9.90 Å². The number of hydrogen-bond donors (Lipinski definition) is 2. The van der Waals surface area contributed by atoms with Gasteiger partial charge in [0, 0.05) is 13.2 Å². The molecule has 0 aromatic rings. The highest BCUT2D eigenvalue weighted by Gasteiger charge is 2.25. The Hall–Kier alpha value is -0.0900. The number of carbonyl (C=O) groups is 1. The molecule has 4 heteroatoms. The molecule has 0 spiro atoms. The molecule has 1 amide bonds. The van der Waals surface area contributed by atoms with Crippen molar-refractivity contribution in [2.75, 3.05) is 13.2 Å². The van der Waals surface area contributed by atoms with Crippen LogP contribution < -0.4 is 5.32 Å². The van der Waals surface area contributed by atoms with Crippen molar-refractivity contribution in [1.82, 2.24) is 5.32 Å². The third-order valence-electron chi connectivity index (χ3n) is 3.48. The fourth-order valence-corrected chi connectivity index (χ4v) is 2.48. The highest BCUT2D eigenvalue weighted by Crippen LogP contribution is 2.29. The van der Waals surface area contributed by atoms with E-state index in [0.717, 1.165) is 19.3 Å².